The highest BCUT2D eigenvalue weighted by atomic mass is 35.5. The summed E-state index contributed by atoms with van der Waals surface area (Å²) < 4.78 is 1.92. The fourth-order valence-electron chi connectivity index (χ4n) is 4.06. The molecule has 0 aliphatic carbocycles. The number of halogens is 1. The topological polar surface area (TPSA) is 136 Å². The quantitative estimate of drug-likeness (QED) is 0.344. The first-order valence-electron chi connectivity index (χ1n) is 10.2. The minimum absolute atomic E-state index is 0.158. The van der Waals surface area contributed by atoms with E-state index in [0.717, 1.165) is 11.1 Å². The number of carbonyl (C=O) groups is 2. The number of rotatable bonds is 4. The number of nitrogens with two attached hydrogens (primary N) is 1. The number of nitrogens with zero attached hydrogens (tertiary/aromatic N) is 4. The van der Waals surface area contributed by atoms with Gasteiger partial charge in [0.25, 0.3) is 5.91 Å². The van der Waals surface area contributed by atoms with Crippen molar-refractivity contribution < 1.29 is 14.7 Å². The smallest absolute Gasteiger partial charge is 0.410 e. The number of hydrogen-bond donors (Lipinski definition) is 3. The Balaban J connectivity index is 1.81. The number of para-hydroxylation sites is 1. The van der Waals surface area contributed by atoms with E-state index in [1.54, 1.807) is 30.5 Å². The van der Waals surface area contributed by atoms with Crippen molar-refractivity contribution in [2.45, 2.75) is 6.92 Å². The monoisotopic (exact) mass is 472 g/mol. The molecular weight excluding hydrogens is 456 g/mol. The summed E-state index contributed by atoms with van der Waals surface area (Å²) in [5.74, 6) is 0.173. The normalized spacial score (nSPS) is 11.1. The predicted octanol–water partition coefficient (Wildman–Crippen LogP) is 4.79. The molecule has 3 heterocycles. The third-order valence-electron chi connectivity index (χ3n) is 5.46. The van der Waals surface area contributed by atoms with Crippen LogP contribution in [0.1, 0.15) is 16.2 Å². The number of imidazole rings is 1. The van der Waals surface area contributed by atoms with E-state index in [9.17, 15) is 9.59 Å². The van der Waals surface area contributed by atoms with Crippen molar-refractivity contribution in [2.75, 3.05) is 5.32 Å². The van der Waals surface area contributed by atoms with Gasteiger partial charge in [0.15, 0.2) is 0 Å². The van der Waals surface area contributed by atoms with Crippen LogP contribution >= 0.6 is 11.6 Å². The first-order valence-corrected chi connectivity index (χ1v) is 10.5. The van der Waals surface area contributed by atoms with Gasteiger partial charge < -0.3 is 10.8 Å². The van der Waals surface area contributed by atoms with E-state index >= 15 is 0 Å². The Morgan fingerprint density at radius 3 is 2.59 bits per heavy atom. The lowest BCUT2D eigenvalue weighted by Crippen LogP contribution is -2.12. The third-order valence-corrected chi connectivity index (χ3v) is 5.77. The van der Waals surface area contributed by atoms with Crippen LogP contribution in [0.2, 0.25) is 5.02 Å². The number of hydrogen-bond acceptors (Lipinski definition) is 5. The fourth-order valence-corrected chi connectivity index (χ4v) is 4.28. The number of primary amides is 1. The first kappa shape index (κ1) is 21.4. The lowest BCUT2D eigenvalue weighted by Gasteiger charge is -2.12. The molecule has 3 aromatic heterocycles. The van der Waals surface area contributed by atoms with E-state index in [-0.39, 0.29) is 11.4 Å². The summed E-state index contributed by atoms with van der Waals surface area (Å²) in [6.07, 6.45) is 1.92. The van der Waals surface area contributed by atoms with Crippen molar-refractivity contribution in [1.82, 2.24) is 19.5 Å². The minimum Gasteiger partial charge on any atom is -0.465 e. The zero-order valence-corrected chi connectivity index (χ0v) is 18.5. The van der Waals surface area contributed by atoms with Gasteiger partial charge in [0.1, 0.15) is 17.2 Å². The molecule has 5 rings (SSSR count). The van der Waals surface area contributed by atoms with Gasteiger partial charge in [-0.25, -0.2) is 14.8 Å². The van der Waals surface area contributed by atoms with Crippen molar-refractivity contribution in [3.63, 3.8) is 0 Å². The highest BCUT2D eigenvalue weighted by Gasteiger charge is 2.19. The molecule has 0 spiro atoms. The number of aryl methyl sites for hydroxylation is 1. The first-order chi connectivity index (χ1) is 16.3. The molecule has 4 N–H and O–H groups in total. The molecule has 2 aromatic carbocycles. The summed E-state index contributed by atoms with van der Waals surface area (Å²) in [7, 11) is 0. The number of nitrogens with one attached hydrogen (secondary N) is 1. The van der Waals surface area contributed by atoms with Crippen LogP contribution in [0.25, 0.3) is 38.8 Å². The Morgan fingerprint density at radius 2 is 1.82 bits per heavy atom. The number of carboxylic acid groups (broad SMARTS) is 1. The van der Waals surface area contributed by atoms with E-state index < -0.39 is 12.0 Å². The van der Waals surface area contributed by atoms with Gasteiger partial charge in [-0.1, -0.05) is 23.7 Å². The third kappa shape index (κ3) is 3.57. The van der Waals surface area contributed by atoms with Gasteiger partial charge in [-0.3, -0.25) is 19.7 Å². The van der Waals surface area contributed by atoms with E-state index in [1.165, 1.54) is 6.20 Å². The molecule has 0 unspecified atom stereocenters. The lowest BCUT2D eigenvalue weighted by molar-refractivity contribution is 0.100. The molecular formula is C24H17ClN6O3. The van der Waals surface area contributed by atoms with E-state index in [0.29, 0.717) is 38.5 Å². The molecule has 34 heavy (non-hydrogen) atoms. The van der Waals surface area contributed by atoms with Crippen LogP contribution in [-0.2, 0) is 0 Å². The zero-order valence-electron chi connectivity index (χ0n) is 17.8. The van der Waals surface area contributed by atoms with Crippen LogP contribution in [0.3, 0.4) is 0 Å². The van der Waals surface area contributed by atoms with Crippen LogP contribution in [0.5, 0.6) is 0 Å². The van der Waals surface area contributed by atoms with Crippen LogP contribution in [0.4, 0.5) is 10.6 Å². The van der Waals surface area contributed by atoms with Gasteiger partial charge in [-0.05, 0) is 54.4 Å². The van der Waals surface area contributed by atoms with Crippen LogP contribution in [0.15, 0.2) is 60.9 Å². The minimum atomic E-state index is -1.23. The number of fused-ring (bicyclic) bond motifs is 2. The number of aromatic nitrogens is 4. The molecule has 0 aliphatic heterocycles. The average molecular weight is 473 g/mol. The van der Waals surface area contributed by atoms with Gasteiger partial charge in [-0.15, -0.1) is 0 Å². The van der Waals surface area contributed by atoms with Crippen LogP contribution in [-0.4, -0.2) is 36.6 Å². The highest BCUT2D eigenvalue weighted by molar-refractivity contribution is 6.35. The standard InChI is InChI=1S/C24H17ClN6O3/c1-12-29-22-16(23(26)32)9-14(13-5-7-27-20(11-13)30-24(33)34)10-19(22)31(12)18-6-8-28-21-15(18)3-2-4-17(21)25/h2-11H,1H3,(H2,26,32)(H,27,30)(H,33,34). The molecule has 2 amide bonds. The van der Waals surface area contributed by atoms with Gasteiger partial charge >= 0.3 is 6.09 Å². The molecule has 0 radical (unpaired) electrons. The Morgan fingerprint density at radius 1 is 1.03 bits per heavy atom. The predicted molar refractivity (Wildman–Crippen MR) is 130 cm³/mol. The molecule has 10 heteroatoms. The summed E-state index contributed by atoms with van der Waals surface area (Å²) in [5.41, 5.74) is 9.81. The Bertz CT molecular complexity index is 1630. The summed E-state index contributed by atoms with van der Waals surface area (Å²) in [6.45, 7) is 1.84. The summed E-state index contributed by atoms with van der Waals surface area (Å²) in [4.78, 5) is 36.5. The fraction of sp³-hybridized carbons (Fsp3) is 0.0417. The summed E-state index contributed by atoms with van der Waals surface area (Å²) >= 11 is 6.37. The molecule has 0 saturated heterocycles. The van der Waals surface area contributed by atoms with Crippen molar-refractivity contribution in [2.24, 2.45) is 5.73 Å². The Hall–Kier alpha value is -4.50. The number of anilines is 1. The van der Waals surface area contributed by atoms with E-state index in [2.05, 4.69) is 20.3 Å². The lowest BCUT2D eigenvalue weighted by atomic mass is 10.0. The second-order valence-corrected chi connectivity index (χ2v) is 7.98. The molecule has 5 aromatic rings. The number of pyridine rings is 2. The second kappa shape index (κ2) is 8.13. The average Bonchev–Trinajstić information content (AvgIpc) is 3.13. The second-order valence-electron chi connectivity index (χ2n) is 7.58. The summed E-state index contributed by atoms with van der Waals surface area (Å²) in [5, 5.41) is 12.6. The Kier molecular flexibility index (Phi) is 5.10. The van der Waals surface area contributed by atoms with Crippen LogP contribution in [0, 0.1) is 6.92 Å². The highest BCUT2D eigenvalue weighted by Crippen LogP contribution is 2.33. The SMILES string of the molecule is Cc1nc2c(C(N)=O)cc(-c3ccnc(NC(=O)O)c3)cc2n1-c1ccnc2c(Cl)cccc12. The maximum atomic E-state index is 12.4. The zero-order chi connectivity index (χ0) is 24.0. The van der Waals surface area contributed by atoms with E-state index in [4.69, 9.17) is 22.4 Å². The van der Waals surface area contributed by atoms with Gasteiger partial charge in [0, 0.05) is 17.8 Å². The van der Waals surface area contributed by atoms with E-state index in [1.807, 2.05) is 35.8 Å². The van der Waals surface area contributed by atoms with Crippen molar-refractivity contribution in [3.8, 4) is 16.8 Å². The molecule has 0 saturated carbocycles. The molecule has 0 aliphatic rings. The largest absolute Gasteiger partial charge is 0.465 e. The van der Waals surface area contributed by atoms with Crippen molar-refractivity contribution >= 4 is 51.4 Å². The molecule has 0 bridgehead atoms. The van der Waals surface area contributed by atoms with Gasteiger partial charge in [-0.2, -0.15) is 0 Å². The Labute approximate surface area is 197 Å². The maximum Gasteiger partial charge on any atom is 0.410 e. The van der Waals surface area contributed by atoms with Crippen molar-refractivity contribution in [3.05, 3.63) is 77.3 Å². The molecule has 0 fully saturated rings. The van der Waals surface area contributed by atoms with Gasteiger partial charge in [0.2, 0.25) is 0 Å². The molecule has 9 nitrogen and oxygen atoms in total. The number of amides is 2. The molecule has 168 valence electrons. The van der Waals surface area contributed by atoms with Gasteiger partial charge in [0.05, 0.1) is 27.3 Å². The van der Waals surface area contributed by atoms with Crippen molar-refractivity contribution in [1.29, 1.82) is 0 Å². The maximum absolute atomic E-state index is 12.4. The number of carbonyl (C=O) groups excluding carboxylic acids is 1. The summed E-state index contributed by atoms with van der Waals surface area (Å²) in [6, 6.07) is 14.2. The number of benzene rings is 2. The molecule has 0 atom stereocenters. The van der Waals surface area contributed by atoms with Crippen LogP contribution < -0.4 is 11.1 Å².